The fourth-order valence-corrected chi connectivity index (χ4v) is 4.07. The van der Waals surface area contributed by atoms with Gasteiger partial charge in [0, 0.05) is 10.6 Å². The number of nitrogens with zero attached hydrogens (tertiary/aromatic N) is 1. The first-order valence-corrected chi connectivity index (χ1v) is 11.6. The molecule has 0 bridgehead atoms. The van der Waals surface area contributed by atoms with E-state index in [9.17, 15) is 44.6 Å². The molecule has 4 rings (SSSR count). The van der Waals surface area contributed by atoms with Crippen molar-refractivity contribution in [3.8, 4) is 33.9 Å². The average molecular weight is 615 g/mol. The maximum absolute atomic E-state index is 14.3. The van der Waals surface area contributed by atoms with E-state index in [1.165, 1.54) is 24.3 Å². The first-order chi connectivity index (χ1) is 18.5. The van der Waals surface area contributed by atoms with Gasteiger partial charge in [-0.1, -0.05) is 41.4 Å². The van der Waals surface area contributed by atoms with Crippen LogP contribution in [0.5, 0.6) is 11.5 Å². The number of aromatic hydroxyl groups is 1. The normalized spacial score (nSPS) is 12.6. The van der Waals surface area contributed by atoms with Crippen molar-refractivity contribution in [3.05, 3.63) is 87.0 Å². The van der Waals surface area contributed by atoms with E-state index in [1.807, 2.05) is 0 Å². The number of hydrogen-bond acceptors (Lipinski definition) is 3. The summed E-state index contributed by atoms with van der Waals surface area (Å²) in [5.74, 6) is -2.19. The second kappa shape index (κ2) is 10.4. The van der Waals surface area contributed by atoms with Crippen LogP contribution in [0.1, 0.15) is 22.4 Å². The van der Waals surface area contributed by atoms with Gasteiger partial charge in [-0.2, -0.15) is 44.6 Å². The van der Waals surface area contributed by atoms with Crippen LogP contribution in [0.25, 0.3) is 22.4 Å². The van der Waals surface area contributed by atoms with Crippen LogP contribution in [-0.4, -0.2) is 15.3 Å². The van der Waals surface area contributed by atoms with Crippen LogP contribution in [-0.2, 0) is 25.1 Å². The average Bonchev–Trinajstić information content (AvgIpc) is 3.33. The number of rotatable bonds is 5. The van der Waals surface area contributed by atoms with Gasteiger partial charge in [-0.25, -0.2) is 0 Å². The van der Waals surface area contributed by atoms with E-state index in [2.05, 4.69) is 5.10 Å². The first kappa shape index (κ1) is 29.4. The van der Waals surface area contributed by atoms with Crippen LogP contribution < -0.4 is 4.74 Å². The zero-order valence-corrected chi connectivity index (χ0v) is 20.9. The summed E-state index contributed by atoms with van der Waals surface area (Å²) in [7, 11) is 0. The molecule has 1 aromatic heterocycles. The monoisotopic (exact) mass is 614 g/mol. The van der Waals surface area contributed by atoms with Crippen LogP contribution in [0.4, 0.5) is 39.5 Å². The highest BCUT2D eigenvalue weighted by atomic mass is 35.5. The SMILES string of the molecule is Oc1c(-c2cc(C(F)(F)F)[nH]n2)cc(C(F)(F)F)c(OCc2ccc(Cl)cc2)c1-c1ccc(Cl)c(C(F)(F)F)c1. The predicted octanol–water partition coefficient (Wildman–Crippen LogP) is 9.39. The van der Waals surface area contributed by atoms with Gasteiger partial charge < -0.3 is 9.84 Å². The molecule has 0 saturated heterocycles. The lowest BCUT2D eigenvalue weighted by atomic mass is 9.93. The van der Waals surface area contributed by atoms with Crippen LogP contribution in [0.3, 0.4) is 0 Å². The number of halogens is 11. The summed E-state index contributed by atoms with van der Waals surface area (Å²) in [6.45, 7) is -0.549. The Bertz CT molecular complexity index is 1540. The molecule has 0 unspecified atom stereocenters. The van der Waals surface area contributed by atoms with Crippen molar-refractivity contribution in [3.63, 3.8) is 0 Å². The van der Waals surface area contributed by atoms with Gasteiger partial charge in [0.1, 0.15) is 23.8 Å². The molecule has 0 aliphatic carbocycles. The van der Waals surface area contributed by atoms with Gasteiger partial charge in [0.2, 0.25) is 0 Å². The molecular formula is C25H13Cl2F9N2O2. The zero-order chi connectivity index (χ0) is 29.6. The third-order valence-corrected chi connectivity index (χ3v) is 6.16. The van der Waals surface area contributed by atoms with Crippen molar-refractivity contribution >= 4 is 23.2 Å². The van der Waals surface area contributed by atoms with E-state index >= 15 is 0 Å². The fourth-order valence-electron chi connectivity index (χ4n) is 3.72. The number of ether oxygens (including phenoxy) is 1. The second-order valence-electron chi connectivity index (χ2n) is 8.29. The summed E-state index contributed by atoms with van der Waals surface area (Å²) in [4.78, 5) is 0. The van der Waals surface area contributed by atoms with Crippen LogP contribution in [0.2, 0.25) is 10.0 Å². The summed E-state index contributed by atoms with van der Waals surface area (Å²) < 4.78 is 128. The zero-order valence-electron chi connectivity index (χ0n) is 19.4. The molecule has 0 spiro atoms. The molecule has 0 aliphatic heterocycles. The molecule has 2 N–H and O–H groups in total. The highest BCUT2D eigenvalue weighted by Gasteiger charge is 2.40. The number of nitrogens with one attached hydrogen (secondary N) is 1. The van der Waals surface area contributed by atoms with Crippen molar-refractivity contribution in [1.82, 2.24) is 10.2 Å². The Labute approximate surface area is 228 Å². The van der Waals surface area contributed by atoms with E-state index in [-0.39, 0.29) is 0 Å². The largest absolute Gasteiger partial charge is 0.506 e. The van der Waals surface area contributed by atoms with Gasteiger partial charge in [-0.15, -0.1) is 0 Å². The highest BCUT2D eigenvalue weighted by molar-refractivity contribution is 6.31. The summed E-state index contributed by atoms with van der Waals surface area (Å²) in [6.07, 6.45) is -15.2. The molecule has 0 amide bonds. The molecule has 0 aliphatic rings. The lowest BCUT2D eigenvalue weighted by Crippen LogP contribution is -2.11. The van der Waals surface area contributed by atoms with Crippen molar-refractivity contribution in [1.29, 1.82) is 0 Å². The number of phenolic OH excluding ortho intramolecular Hbond substituents is 1. The predicted molar refractivity (Wildman–Crippen MR) is 127 cm³/mol. The number of benzene rings is 3. The van der Waals surface area contributed by atoms with Crippen LogP contribution >= 0.6 is 23.2 Å². The van der Waals surface area contributed by atoms with Gasteiger partial charge in [-0.3, -0.25) is 5.10 Å². The lowest BCUT2D eigenvalue weighted by Gasteiger charge is -2.22. The maximum Gasteiger partial charge on any atom is 0.432 e. The Kier molecular flexibility index (Phi) is 7.67. The topological polar surface area (TPSA) is 58.1 Å². The molecule has 212 valence electrons. The van der Waals surface area contributed by atoms with Crippen molar-refractivity contribution in [2.24, 2.45) is 0 Å². The molecule has 0 saturated carbocycles. The van der Waals surface area contributed by atoms with E-state index in [0.717, 1.165) is 12.1 Å². The standard InChI is InChI=1S/C25H13Cl2F9N2O2/c26-13-4-1-11(2-5-13)10-40-22-16(24(31,32)33)8-14(18-9-19(38-37-18)25(34,35)36)21(39)20(22)12-3-6-17(27)15(7-12)23(28,29)30/h1-9,39H,10H2,(H,37,38). The number of aromatic nitrogens is 2. The summed E-state index contributed by atoms with van der Waals surface area (Å²) in [5, 5.41) is 15.5. The molecule has 40 heavy (non-hydrogen) atoms. The van der Waals surface area contributed by atoms with E-state index in [1.54, 1.807) is 5.10 Å². The number of H-pyrrole nitrogens is 1. The Morgan fingerprint density at radius 1 is 0.775 bits per heavy atom. The summed E-state index contributed by atoms with van der Waals surface area (Å²) in [6, 6.07) is 8.33. The van der Waals surface area contributed by atoms with Gasteiger partial charge >= 0.3 is 18.5 Å². The number of alkyl halides is 9. The van der Waals surface area contributed by atoms with Crippen LogP contribution in [0.15, 0.2) is 54.6 Å². The molecule has 4 nitrogen and oxygen atoms in total. The van der Waals surface area contributed by atoms with E-state index < -0.39 is 80.9 Å². The van der Waals surface area contributed by atoms with Crippen molar-refractivity contribution in [2.45, 2.75) is 25.1 Å². The van der Waals surface area contributed by atoms with E-state index in [0.29, 0.717) is 28.8 Å². The lowest BCUT2D eigenvalue weighted by molar-refractivity contribution is -0.141. The smallest absolute Gasteiger partial charge is 0.432 e. The third-order valence-electron chi connectivity index (χ3n) is 5.57. The molecule has 1 heterocycles. The minimum atomic E-state index is -5.24. The molecule has 0 radical (unpaired) electrons. The molecule has 3 aromatic carbocycles. The van der Waals surface area contributed by atoms with Crippen LogP contribution in [0, 0.1) is 0 Å². The Morgan fingerprint density at radius 3 is 1.95 bits per heavy atom. The van der Waals surface area contributed by atoms with Gasteiger partial charge in [0.05, 0.1) is 27.4 Å². The fraction of sp³-hybridized carbons (Fsp3) is 0.160. The summed E-state index contributed by atoms with van der Waals surface area (Å²) >= 11 is 11.5. The van der Waals surface area contributed by atoms with Gasteiger partial charge in [0.25, 0.3) is 0 Å². The Morgan fingerprint density at radius 2 is 1.40 bits per heavy atom. The number of phenols is 1. The van der Waals surface area contributed by atoms with E-state index in [4.69, 9.17) is 27.9 Å². The maximum atomic E-state index is 14.3. The molecule has 0 fully saturated rings. The third kappa shape index (κ3) is 6.09. The Hall–Kier alpha value is -3.58. The quantitative estimate of drug-likeness (QED) is 0.220. The Balaban J connectivity index is 2.01. The number of hydrogen-bond donors (Lipinski definition) is 2. The first-order valence-electron chi connectivity index (χ1n) is 10.8. The van der Waals surface area contributed by atoms with Gasteiger partial charge in [0.15, 0.2) is 0 Å². The molecule has 4 aromatic rings. The minimum absolute atomic E-state index is 0.299. The highest BCUT2D eigenvalue weighted by Crippen LogP contribution is 2.52. The van der Waals surface area contributed by atoms with Gasteiger partial charge in [-0.05, 0) is 47.5 Å². The number of aromatic amines is 1. The molecular weight excluding hydrogens is 602 g/mol. The second-order valence-corrected chi connectivity index (χ2v) is 9.14. The van der Waals surface area contributed by atoms with Crippen molar-refractivity contribution in [2.75, 3.05) is 0 Å². The molecule has 15 heteroatoms. The summed E-state index contributed by atoms with van der Waals surface area (Å²) in [5.41, 5.74) is -7.26. The molecule has 0 atom stereocenters. The minimum Gasteiger partial charge on any atom is -0.506 e. The van der Waals surface area contributed by atoms with Crippen molar-refractivity contribution < 1.29 is 49.4 Å².